The van der Waals surface area contributed by atoms with E-state index in [4.69, 9.17) is 0 Å². The average molecular weight is 449 g/mol. The number of benzene rings is 2. The molecule has 0 amide bonds. The Morgan fingerprint density at radius 2 is 1.68 bits per heavy atom. The zero-order chi connectivity index (χ0) is 18.8. The lowest BCUT2D eigenvalue weighted by atomic mass is 10.1. The second kappa shape index (κ2) is 8.86. The number of aromatic nitrogens is 2. The van der Waals surface area contributed by atoms with Crippen molar-refractivity contribution in [1.82, 2.24) is 4.57 Å². The van der Waals surface area contributed by atoms with E-state index in [-0.39, 0.29) is 22.7 Å². The van der Waals surface area contributed by atoms with Crippen molar-refractivity contribution in [2.24, 2.45) is 0 Å². The Balaban J connectivity index is 0.00000225. The Morgan fingerprint density at radius 1 is 0.964 bits per heavy atom. The summed E-state index contributed by atoms with van der Waals surface area (Å²) in [6, 6.07) is 15.4. The highest BCUT2D eigenvalue weighted by Crippen LogP contribution is 2.25. The first-order chi connectivity index (χ1) is 13.1. The standard InChI is InChI=1S/C22H23F2N2O.BrH/c1-16-6-8-17(9-7-16)20-15-26(21-5-3-2-4-14-25(20)21)18-10-12-19(13-11-18)27-22(23)24;/h6-13,15,22H,2-5,14H2,1H3;1H/q+1;/p-1. The molecule has 0 atom stereocenters. The number of nitrogens with zero attached hydrogens (tertiary/aromatic N) is 2. The third kappa shape index (κ3) is 4.27. The van der Waals surface area contributed by atoms with E-state index < -0.39 is 6.61 Å². The number of aryl methyl sites for hydroxylation is 1. The van der Waals surface area contributed by atoms with Crippen molar-refractivity contribution in [3.63, 3.8) is 0 Å². The van der Waals surface area contributed by atoms with Gasteiger partial charge in [0.2, 0.25) is 0 Å². The first kappa shape index (κ1) is 20.5. The Kier molecular flexibility index (Phi) is 6.50. The van der Waals surface area contributed by atoms with Gasteiger partial charge in [0.15, 0.2) is 5.69 Å². The number of fused-ring (bicyclic) bond motifs is 1. The van der Waals surface area contributed by atoms with Crippen LogP contribution in [0.25, 0.3) is 16.9 Å². The van der Waals surface area contributed by atoms with Gasteiger partial charge in [-0.3, -0.25) is 0 Å². The highest BCUT2D eigenvalue weighted by molar-refractivity contribution is 5.57. The summed E-state index contributed by atoms with van der Waals surface area (Å²) in [5, 5.41) is 0. The normalized spacial score (nSPS) is 13.6. The maximum Gasteiger partial charge on any atom is 0.387 e. The summed E-state index contributed by atoms with van der Waals surface area (Å²) in [4.78, 5) is 0. The summed E-state index contributed by atoms with van der Waals surface area (Å²) in [7, 11) is 0. The van der Waals surface area contributed by atoms with Crippen molar-refractivity contribution in [2.45, 2.75) is 45.8 Å². The van der Waals surface area contributed by atoms with Gasteiger partial charge in [-0.1, -0.05) is 29.8 Å². The summed E-state index contributed by atoms with van der Waals surface area (Å²) < 4.78 is 33.9. The van der Waals surface area contributed by atoms with Crippen LogP contribution in [0.1, 0.15) is 30.7 Å². The highest BCUT2D eigenvalue weighted by atomic mass is 79.9. The maximum atomic E-state index is 12.4. The zero-order valence-electron chi connectivity index (χ0n) is 15.7. The quantitative estimate of drug-likeness (QED) is 0.558. The Hall–Kier alpha value is -2.21. The van der Waals surface area contributed by atoms with Gasteiger partial charge >= 0.3 is 6.61 Å². The number of alkyl halides is 2. The summed E-state index contributed by atoms with van der Waals surface area (Å²) in [6.45, 7) is 0.284. The topological polar surface area (TPSA) is 18.0 Å². The molecule has 0 radical (unpaired) electrons. The van der Waals surface area contributed by atoms with Crippen molar-refractivity contribution in [3.05, 3.63) is 66.1 Å². The molecule has 1 aliphatic heterocycles. The molecule has 0 aliphatic carbocycles. The lowest BCUT2D eigenvalue weighted by Gasteiger charge is -2.05. The maximum absolute atomic E-state index is 12.4. The largest absolute Gasteiger partial charge is 1.00 e. The van der Waals surface area contributed by atoms with Crippen molar-refractivity contribution < 1.29 is 35.1 Å². The van der Waals surface area contributed by atoms with Gasteiger partial charge in [-0.25, -0.2) is 4.57 Å². The SMILES string of the molecule is Cc1ccc(-c2cn(-c3ccc(OC(F)F)cc3)c3[n+]2CCCCC3)cc1.[Br-]. The third-order valence-corrected chi connectivity index (χ3v) is 5.10. The van der Waals surface area contributed by atoms with Crippen LogP contribution in [0.5, 0.6) is 5.75 Å². The van der Waals surface area contributed by atoms with Crippen LogP contribution in [0, 0.1) is 6.92 Å². The predicted octanol–water partition coefficient (Wildman–Crippen LogP) is 2.07. The summed E-state index contributed by atoms with van der Waals surface area (Å²) in [5.74, 6) is 1.43. The van der Waals surface area contributed by atoms with Crippen LogP contribution < -0.4 is 26.3 Å². The van der Waals surface area contributed by atoms with E-state index in [9.17, 15) is 8.78 Å². The van der Waals surface area contributed by atoms with Crippen LogP contribution in [-0.4, -0.2) is 11.2 Å². The number of ether oxygens (including phenoxy) is 1. The van der Waals surface area contributed by atoms with Crippen molar-refractivity contribution in [3.8, 4) is 22.7 Å². The molecule has 1 aliphatic rings. The Morgan fingerprint density at radius 3 is 2.36 bits per heavy atom. The van der Waals surface area contributed by atoms with Crippen LogP contribution in [0.4, 0.5) is 8.78 Å². The summed E-state index contributed by atoms with van der Waals surface area (Å²) in [6.07, 6.45) is 6.71. The fraction of sp³-hybridized carbons (Fsp3) is 0.318. The average Bonchev–Trinajstić information content (AvgIpc) is 2.84. The summed E-state index contributed by atoms with van der Waals surface area (Å²) in [5.41, 5.74) is 4.59. The van der Waals surface area contributed by atoms with Crippen LogP contribution in [0.3, 0.4) is 0 Å². The van der Waals surface area contributed by atoms with Crippen LogP contribution in [0.15, 0.2) is 54.7 Å². The molecule has 1 aromatic heterocycles. The molecule has 6 heteroatoms. The fourth-order valence-corrected chi connectivity index (χ4v) is 3.74. The second-order valence-electron chi connectivity index (χ2n) is 7.00. The number of halogens is 3. The number of rotatable bonds is 4. The molecule has 0 bridgehead atoms. The molecule has 2 aromatic carbocycles. The van der Waals surface area contributed by atoms with E-state index in [0.29, 0.717) is 0 Å². The lowest BCUT2D eigenvalue weighted by Crippen LogP contribution is -3.00. The number of imidazole rings is 1. The van der Waals surface area contributed by atoms with Gasteiger partial charge < -0.3 is 21.7 Å². The number of hydrogen-bond donors (Lipinski definition) is 0. The minimum Gasteiger partial charge on any atom is -1.00 e. The van der Waals surface area contributed by atoms with Gasteiger partial charge in [0, 0.05) is 12.0 Å². The molecule has 4 rings (SSSR count). The molecule has 2 heterocycles. The molecular weight excluding hydrogens is 426 g/mol. The van der Waals surface area contributed by atoms with Crippen LogP contribution >= 0.6 is 0 Å². The smallest absolute Gasteiger partial charge is 0.387 e. The molecule has 148 valence electrons. The summed E-state index contributed by atoms with van der Waals surface area (Å²) >= 11 is 0. The molecular formula is C22H23BrF2N2O. The van der Waals surface area contributed by atoms with Gasteiger partial charge in [-0.15, -0.1) is 0 Å². The molecule has 3 aromatic rings. The molecule has 0 fully saturated rings. The van der Waals surface area contributed by atoms with Crippen molar-refractivity contribution >= 4 is 0 Å². The van der Waals surface area contributed by atoms with Gasteiger partial charge in [0.05, 0.1) is 6.54 Å². The van der Waals surface area contributed by atoms with Crippen molar-refractivity contribution in [1.29, 1.82) is 0 Å². The fourth-order valence-electron chi connectivity index (χ4n) is 3.74. The van der Waals surface area contributed by atoms with Gasteiger partial charge in [0.25, 0.3) is 5.82 Å². The highest BCUT2D eigenvalue weighted by Gasteiger charge is 2.26. The number of hydrogen-bond acceptors (Lipinski definition) is 1. The van der Waals surface area contributed by atoms with Crippen LogP contribution in [0.2, 0.25) is 0 Å². The monoisotopic (exact) mass is 448 g/mol. The predicted molar refractivity (Wildman–Crippen MR) is 100 cm³/mol. The lowest BCUT2D eigenvalue weighted by molar-refractivity contribution is -0.692. The minimum absolute atomic E-state index is 0. The first-order valence-electron chi connectivity index (χ1n) is 9.38. The third-order valence-electron chi connectivity index (χ3n) is 5.10. The molecule has 0 saturated carbocycles. The van der Waals surface area contributed by atoms with E-state index in [1.807, 2.05) is 12.1 Å². The van der Waals surface area contributed by atoms with Gasteiger partial charge in [-0.2, -0.15) is 13.3 Å². The van der Waals surface area contributed by atoms with Crippen LogP contribution in [-0.2, 0) is 13.0 Å². The minimum atomic E-state index is -2.80. The molecule has 0 spiro atoms. The second-order valence-corrected chi connectivity index (χ2v) is 7.00. The molecule has 28 heavy (non-hydrogen) atoms. The first-order valence-corrected chi connectivity index (χ1v) is 9.38. The van der Waals surface area contributed by atoms with Crippen molar-refractivity contribution in [2.75, 3.05) is 0 Å². The molecule has 0 saturated heterocycles. The Bertz CT molecular complexity index is 921. The van der Waals surface area contributed by atoms with E-state index in [0.717, 1.165) is 25.1 Å². The Labute approximate surface area is 174 Å². The van der Waals surface area contributed by atoms with E-state index in [1.165, 1.54) is 35.5 Å². The van der Waals surface area contributed by atoms with E-state index >= 15 is 0 Å². The zero-order valence-corrected chi connectivity index (χ0v) is 17.3. The van der Waals surface area contributed by atoms with E-state index in [2.05, 4.69) is 51.3 Å². The molecule has 3 nitrogen and oxygen atoms in total. The molecule has 0 N–H and O–H groups in total. The van der Waals surface area contributed by atoms with E-state index in [1.54, 1.807) is 12.1 Å². The van der Waals surface area contributed by atoms with Gasteiger partial charge in [0.1, 0.15) is 17.6 Å². The van der Waals surface area contributed by atoms with Gasteiger partial charge in [-0.05, 0) is 50.5 Å². The molecule has 0 unspecified atom stereocenters.